The van der Waals surface area contributed by atoms with Gasteiger partial charge in [-0.05, 0) is 19.4 Å². The zero-order chi connectivity index (χ0) is 14.8. The fraction of sp³-hybridized carbons (Fsp3) is 0.533. The van der Waals surface area contributed by atoms with E-state index < -0.39 is 0 Å². The van der Waals surface area contributed by atoms with Crippen LogP contribution in [0.25, 0.3) is 0 Å². The lowest BCUT2D eigenvalue weighted by Crippen LogP contribution is -2.38. The first-order valence-electron chi connectivity index (χ1n) is 6.79. The van der Waals surface area contributed by atoms with Crippen molar-refractivity contribution in [2.45, 2.75) is 26.0 Å². The molecular weight excluding hydrogens is 256 g/mol. The first-order chi connectivity index (χ1) is 9.69. The van der Waals surface area contributed by atoms with Crippen LogP contribution in [0.15, 0.2) is 24.3 Å². The summed E-state index contributed by atoms with van der Waals surface area (Å²) < 4.78 is 10.1. The van der Waals surface area contributed by atoms with Crippen LogP contribution in [0.1, 0.15) is 18.9 Å². The lowest BCUT2D eigenvalue weighted by molar-refractivity contribution is -0.121. The predicted molar refractivity (Wildman–Crippen MR) is 79.7 cm³/mol. The van der Waals surface area contributed by atoms with Crippen molar-refractivity contribution in [3.05, 3.63) is 29.8 Å². The molecular formula is C15H24N2O3. The summed E-state index contributed by atoms with van der Waals surface area (Å²) in [6, 6.07) is 7.52. The SMILES string of the molecule is COCCCNC(=O)C(C)Nc1ccccc1COC. The molecule has 20 heavy (non-hydrogen) atoms. The molecule has 112 valence electrons. The van der Waals surface area contributed by atoms with Crippen molar-refractivity contribution in [1.82, 2.24) is 5.32 Å². The zero-order valence-electron chi connectivity index (χ0n) is 12.4. The maximum absolute atomic E-state index is 11.9. The quantitative estimate of drug-likeness (QED) is 0.677. The van der Waals surface area contributed by atoms with Crippen molar-refractivity contribution in [1.29, 1.82) is 0 Å². The Kier molecular flexibility index (Phi) is 7.69. The monoisotopic (exact) mass is 280 g/mol. The van der Waals surface area contributed by atoms with Gasteiger partial charge >= 0.3 is 0 Å². The molecule has 0 bridgehead atoms. The van der Waals surface area contributed by atoms with E-state index in [1.807, 2.05) is 31.2 Å². The standard InChI is InChI=1S/C15H24N2O3/c1-12(15(18)16-9-6-10-19-2)17-14-8-5-4-7-13(14)11-20-3/h4-5,7-8,12,17H,6,9-11H2,1-3H3,(H,16,18). The third kappa shape index (κ3) is 5.59. The number of carbonyl (C=O) groups excluding carboxylic acids is 1. The molecule has 5 heteroatoms. The first kappa shape index (κ1) is 16.5. The molecule has 0 aliphatic rings. The van der Waals surface area contributed by atoms with Gasteiger partial charge in [0.1, 0.15) is 6.04 Å². The number of carbonyl (C=O) groups is 1. The summed E-state index contributed by atoms with van der Waals surface area (Å²) in [7, 11) is 3.31. The lowest BCUT2D eigenvalue weighted by Gasteiger charge is -2.17. The van der Waals surface area contributed by atoms with Crippen molar-refractivity contribution in [2.75, 3.05) is 32.7 Å². The molecule has 0 heterocycles. The summed E-state index contributed by atoms with van der Waals surface area (Å²) in [4.78, 5) is 11.9. The lowest BCUT2D eigenvalue weighted by atomic mass is 10.1. The Morgan fingerprint density at radius 3 is 2.70 bits per heavy atom. The Morgan fingerprint density at radius 1 is 1.25 bits per heavy atom. The van der Waals surface area contributed by atoms with Gasteiger partial charge in [-0.25, -0.2) is 0 Å². The van der Waals surface area contributed by atoms with E-state index in [2.05, 4.69) is 10.6 Å². The maximum atomic E-state index is 11.9. The molecule has 5 nitrogen and oxygen atoms in total. The highest BCUT2D eigenvalue weighted by molar-refractivity contribution is 5.84. The largest absolute Gasteiger partial charge is 0.385 e. The van der Waals surface area contributed by atoms with Gasteiger partial charge in [-0.3, -0.25) is 4.79 Å². The van der Waals surface area contributed by atoms with Crippen LogP contribution < -0.4 is 10.6 Å². The Balaban J connectivity index is 2.48. The van der Waals surface area contributed by atoms with Crippen LogP contribution in [0.4, 0.5) is 5.69 Å². The highest BCUT2D eigenvalue weighted by Gasteiger charge is 2.13. The van der Waals surface area contributed by atoms with Crippen LogP contribution in [0, 0.1) is 0 Å². The number of hydrogen-bond acceptors (Lipinski definition) is 4. The molecule has 0 aromatic heterocycles. The van der Waals surface area contributed by atoms with E-state index in [0.29, 0.717) is 19.8 Å². The second-order valence-corrected chi connectivity index (χ2v) is 4.59. The third-order valence-corrected chi connectivity index (χ3v) is 2.91. The van der Waals surface area contributed by atoms with Gasteiger partial charge in [0.05, 0.1) is 6.61 Å². The molecule has 0 aliphatic carbocycles. The smallest absolute Gasteiger partial charge is 0.242 e. The molecule has 0 aliphatic heterocycles. The zero-order valence-corrected chi connectivity index (χ0v) is 12.4. The van der Waals surface area contributed by atoms with Crippen molar-refractivity contribution in [3.63, 3.8) is 0 Å². The van der Waals surface area contributed by atoms with Gasteiger partial charge in [-0.1, -0.05) is 18.2 Å². The predicted octanol–water partition coefficient (Wildman–Crippen LogP) is 1.79. The van der Waals surface area contributed by atoms with Gasteiger partial charge in [0.15, 0.2) is 0 Å². The van der Waals surface area contributed by atoms with Crippen LogP contribution in [-0.4, -0.2) is 39.3 Å². The van der Waals surface area contributed by atoms with Crippen LogP contribution >= 0.6 is 0 Å². The highest BCUT2D eigenvalue weighted by atomic mass is 16.5. The van der Waals surface area contributed by atoms with Gasteiger partial charge in [-0.2, -0.15) is 0 Å². The number of ether oxygens (including phenoxy) is 2. The Morgan fingerprint density at radius 2 is 2.00 bits per heavy atom. The van der Waals surface area contributed by atoms with E-state index in [-0.39, 0.29) is 11.9 Å². The number of anilines is 1. The first-order valence-corrected chi connectivity index (χ1v) is 6.79. The number of nitrogens with one attached hydrogen (secondary N) is 2. The van der Waals surface area contributed by atoms with E-state index >= 15 is 0 Å². The molecule has 1 aromatic carbocycles. The van der Waals surface area contributed by atoms with Crippen LogP contribution in [0.2, 0.25) is 0 Å². The minimum atomic E-state index is -0.296. The highest BCUT2D eigenvalue weighted by Crippen LogP contribution is 2.16. The van der Waals surface area contributed by atoms with Crippen LogP contribution in [-0.2, 0) is 20.9 Å². The molecule has 1 aromatic rings. The topological polar surface area (TPSA) is 59.6 Å². The summed E-state index contributed by atoms with van der Waals surface area (Å²) in [6.45, 7) is 3.64. The summed E-state index contributed by atoms with van der Waals surface area (Å²) in [6.07, 6.45) is 0.815. The Labute approximate surface area is 120 Å². The number of methoxy groups -OCH3 is 2. The molecule has 2 N–H and O–H groups in total. The normalized spacial score (nSPS) is 11.9. The van der Waals surface area contributed by atoms with E-state index in [0.717, 1.165) is 17.7 Å². The number of para-hydroxylation sites is 1. The average molecular weight is 280 g/mol. The van der Waals surface area contributed by atoms with E-state index in [9.17, 15) is 4.79 Å². The second kappa shape index (κ2) is 9.34. The van der Waals surface area contributed by atoms with Gasteiger partial charge in [0.25, 0.3) is 0 Å². The number of hydrogen-bond donors (Lipinski definition) is 2. The molecule has 0 fully saturated rings. The molecule has 0 saturated carbocycles. The number of rotatable bonds is 9. The fourth-order valence-corrected chi connectivity index (χ4v) is 1.82. The van der Waals surface area contributed by atoms with Gasteiger partial charge in [0.2, 0.25) is 5.91 Å². The van der Waals surface area contributed by atoms with Gasteiger partial charge < -0.3 is 20.1 Å². The molecule has 1 rings (SSSR count). The fourth-order valence-electron chi connectivity index (χ4n) is 1.82. The maximum Gasteiger partial charge on any atom is 0.242 e. The number of amides is 1. The Bertz CT molecular complexity index is 410. The Hall–Kier alpha value is -1.59. The summed E-state index contributed by atoms with van der Waals surface area (Å²) in [5.41, 5.74) is 1.96. The summed E-state index contributed by atoms with van der Waals surface area (Å²) in [5.74, 6) is -0.0201. The molecule has 0 spiro atoms. The summed E-state index contributed by atoms with van der Waals surface area (Å²) in [5, 5.41) is 6.09. The average Bonchev–Trinajstić information content (AvgIpc) is 2.45. The minimum absolute atomic E-state index is 0.0201. The molecule has 1 amide bonds. The van der Waals surface area contributed by atoms with Gasteiger partial charge in [0, 0.05) is 38.6 Å². The van der Waals surface area contributed by atoms with Crippen molar-refractivity contribution in [2.24, 2.45) is 0 Å². The van der Waals surface area contributed by atoms with Crippen molar-refractivity contribution < 1.29 is 14.3 Å². The third-order valence-electron chi connectivity index (χ3n) is 2.91. The minimum Gasteiger partial charge on any atom is -0.385 e. The van der Waals surface area contributed by atoms with E-state index in [1.165, 1.54) is 0 Å². The van der Waals surface area contributed by atoms with Crippen molar-refractivity contribution >= 4 is 11.6 Å². The van der Waals surface area contributed by atoms with Crippen LogP contribution in [0.3, 0.4) is 0 Å². The van der Waals surface area contributed by atoms with Crippen LogP contribution in [0.5, 0.6) is 0 Å². The second-order valence-electron chi connectivity index (χ2n) is 4.59. The van der Waals surface area contributed by atoms with E-state index in [1.54, 1.807) is 14.2 Å². The molecule has 0 radical (unpaired) electrons. The molecule has 1 unspecified atom stereocenters. The number of benzene rings is 1. The van der Waals surface area contributed by atoms with Crippen molar-refractivity contribution in [3.8, 4) is 0 Å². The van der Waals surface area contributed by atoms with Gasteiger partial charge in [-0.15, -0.1) is 0 Å². The summed E-state index contributed by atoms with van der Waals surface area (Å²) >= 11 is 0. The molecule has 0 saturated heterocycles. The van der Waals surface area contributed by atoms with E-state index in [4.69, 9.17) is 9.47 Å². The molecule has 1 atom stereocenters.